The number of nitrogens with one attached hydrogen (secondary N) is 1. The third kappa shape index (κ3) is 10.3. The molecular weight excluding hydrogens is 216 g/mol. The Hall–Kier alpha value is -0.610. The predicted octanol–water partition coefficient (Wildman–Crippen LogP) is 1.68. The smallest absolute Gasteiger partial charge is 0.220 e. The van der Waals surface area contributed by atoms with Crippen LogP contribution in [0.3, 0.4) is 0 Å². The molecule has 0 radical (unpaired) electrons. The van der Waals surface area contributed by atoms with Gasteiger partial charge in [-0.05, 0) is 25.3 Å². The molecule has 0 saturated heterocycles. The molecule has 0 aromatic heterocycles. The van der Waals surface area contributed by atoms with E-state index in [0.29, 0.717) is 25.4 Å². The van der Waals surface area contributed by atoms with E-state index >= 15 is 0 Å². The zero-order valence-corrected chi connectivity index (χ0v) is 11.3. The molecule has 0 bridgehead atoms. The molecule has 4 nitrogen and oxygen atoms in total. The summed E-state index contributed by atoms with van der Waals surface area (Å²) >= 11 is 0. The third-order valence-electron chi connectivity index (χ3n) is 2.81. The van der Waals surface area contributed by atoms with Crippen molar-refractivity contribution >= 4 is 5.91 Å². The SMILES string of the molecule is CCCCOCCCNC(=O)CC(CC)CN. The van der Waals surface area contributed by atoms with E-state index in [4.69, 9.17) is 10.5 Å². The third-order valence-corrected chi connectivity index (χ3v) is 2.81. The van der Waals surface area contributed by atoms with Gasteiger partial charge in [-0.1, -0.05) is 26.7 Å². The summed E-state index contributed by atoms with van der Waals surface area (Å²) in [6, 6.07) is 0. The van der Waals surface area contributed by atoms with Crippen LogP contribution in [-0.2, 0) is 9.53 Å². The first-order valence-corrected chi connectivity index (χ1v) is 6.79. The molecule has 102 valence electrons. The summed E-state index contributed by atoms with van der Waals surface area (Å²) in [6.45, 7) is 7.05. The molecule has 0 heterocycles. The summed E-state index contributed by atoms with van der Waals surface area (Å²) in [5, 5.41) is 2.90. The van der Waals surface area contributed by atoms with Gasteiger partial charge >= 0.3 is 0 Å². The van der Waals surface area contributed by atoms with Gasteiger partial charge in [-0.3, -0.25) is 4.79 Å². The molecule has 0 aliphatic heterocycles. The Bertz CT molecular complexity index is 182. The number of hydrogen-bond donors (Lipinski definition) is 2. The van der Waals surface area contributed by atoms with Crippen molar-refractivity contribution in [2.24, 2.45) is 11.7 Å². The lowest BCUT2D eigenvalue weighted by atomic mass is 10.0. The molecule has 0 fully saturated rings. The Kier molecular flexibility index (Phi) is 11.4. The minimum Gasteiger partial charge on any atom is -0.381 e. The standard InChI is InChI=1S/C13H28N2O2/c1-3-5-8-17-9-6-7-15-13(16)10-12(4-2)11-14/h12H,3-11,14H2,1-2H3,(H,15,16). The van der Waals surface area contributed by atoms with Gasteiger partial charge in [0.2, 0.25) is 5.91 Å². The first-order valence-electron chi connectivity index (χ1n) is 6.79. The zero-order chi connectivity index (χ0) is 12.9. The Morgan fingerprint density at radius 2 is 2.00 bits per heavy atom. The van der Waals surface area contributed by atoms with Crippen molar-refractivity contribution in [3.05, 3.63) is 0 Å². The molecule has 1 unspecified atom stereocenters. The lowest BCUT2D eigenvalue weighted by Gasteiger charge is -2.11. The quantitative estimate of drug-likeness (QED) is 0.544. The Labute approximate surface area is 105 Å². The maximum atomic E-state index is 11.5. The summed E-state index contributed by atoms with van der Waals surface area (Å²) in [7, 11) is 0. The average molecular weight is 244 g/mol. The van der Waals surface area contributed by atoms with E-state index in [1.807, 2.05) is 0 Å². The molecule has 3 N–H and O–H groups in total. The number of ether oxygens (including phenoxy) is 1. The molecule has 0 rings (SSSR count). The van der Waals surface area contributed by atoms with Gasteiger partial charge in [0.25, 0.3) is 0 Å². The fraction of sp³-hybridized carbons (Fsp3) is 0.923. The van der Waals surface area contributed by atoms with Crippen molar-refractivity contribution in [1.82, 2.24) is 5.32 Å². The highest BCUT2D eigenvalue weighted by molar-refractivity contribution is 5.76. The fourth-order valence-corrected chi connectivity index (χ4v) is 1.48. The maximum Gasteiger partial charge on any atom is 0.220 e. The number of rotatable bonds is 11. The van der Waals surface area contributed by atoms with Crippen LogP contribution in [0.2, 0.25) is 0 Å². The number of carbonyl (C=O) groups excluding carboxylic acids is 1. The van der Waals surface area contributed by atoms with Crippen LogP contribution in [0.15, 0.2) is 0 Å². The second-order valence-corrected chi connectivity index (χ2v) is 4.38. The minimum absolute atomic E-state index is 0.107. The summed E-state index contributed by atoms with van der Waals surface area (Å²) in [6.07, 6.45) is 4.66. The molecule has 4 heteroatoms. The largest absolute Gasteiger partial charge is 0.381 e. The van der Waals surface area contributed by atoms with Gasteiger partial charge in [0.1, 0.15) is 0 Å². The van der Waals surface area contributed by atoms with Crippen molar-refractivity contribution in [3.8, 4) is 0 Å². The van der Waals surface area contributed by atoms with Crippen LogP contribution in [0, 0.1) is 5.92 Å². The number of carbonyl (C=O) groups is 1. The molecule has 0 aromatic rings. The van der Waals surface area contributed by atoms with Crippen LogP contribution in [0.25, 0.3) is 0 Å². The van der Waals surface area contributed by atoms with Crippen molar-refractivity contribution in [3.63, 3.8) is 0 Å². The average Bonchev–Trinajstić information content (AvgIpc) is 2.34. The molecule has 1 amide bonds. The monoisotopic (exact) mass is 244 g/mol. The number of amides is 1. The van der Waals surface area contributed by atoms with Crippen molar-refractivity contribution in [2.45, 2.75) is 46.0 Å². The van der Waals surface area contributed by atoms with Crippen LogP contribution in [0.1, 0.15) is 46.0 Å². The lowest BCUT2D eigenvalue weighted by Crippen LogP contribution is -2.29. The predicted molar refractivity (Wildman–Crippen MR) is 70.8 cm³/mol. The molecular formula is C13H28N2O2. The Morgan fingerprint density at radius 1 is 1.29 bits per heavy atom. The van der Waals surface area contributed by atoms with Crippen LogP contribution in [0.5, 0.6) is 0 Å². The topological polar surface area (TPSA) is 64.3 Å². The second kappa shape index (κ2) is 11.9. The summed E-state index contributed by atoms with van der Waals surface area (Å²) in [4.78, 5) is 11.5. The highest BCUT2D eigenvalue weighted by atomic mass is 16.5. The molecule has 0 spiro atoms. The van der Waals surface area contributed by atoms with Gasteiger partial charge in [0.15, 0.2) is 0 Å². The zero-order valence-electron chi connectivity index (χ0n) is 11.3. The second-order valence-electron chi connectivity index (χ2n) is 4.38. The molecule has 0 saturated carbocycles. The Balaban J connectivity index is 3.33. The molecule has 0 aliphatic rings. The summed E-state index contributed by atoms with van der Waals surface area (Å²) in [5.74, 6) is 0.423. The van der Waals surface area contributed by atoms with Crippen LogP contribution >= 0.6 is 0 Å². The summed E-state index contributed by atoms with van der Waals surface area (Å²) in [5.41, 5.74) is 5.55. The highest BCUT2D eigenvalue weighted by Gasteiger charge is 2.09. The van der Waals surface area contributed by atoms with Crippen LogP contribution in [-0.4, -0.2) is 32.2 Å². The molecule has 0 aliphatic carbocycles. The van der Waals surface area contributed by atoms with E-state index in [1.54, 1.807) is 0 Å². The van der Waals surface area contributed by atoms with E-state index in [2.05, 4.69) is 19.2 Å². The first kappa shape index (κ1) is 16.4. The van der Waals surface area contributed by atoms with Crippen LogP contribution in [0.4, 0.5) is 0 Å². The Morgan fingerprint density at radius 3 is 2.59 bits per heavy atom. The van der Waals surface area contributed by atoms with Gasteiger partial charge in [-0.15, -0.1) is 0 Å². The molecule has 0 aromatic carbocycles. The molecule has 1 atom stereocenters. The number of unbranched alkanes of at least 4 members (excludes halogenated alkanes) is 1. The molecule has 17 heavy (non-hydrogen) atoms. The van der Waals surface area contributed by atoms with E-state index in [-0.39, 0.29) is 5.91 Å². The van der Waals surface area contributed by atoms with Crippen molar-refractivity contribution < 1.29 is 9.53 Å². The van der Waals surface area contributed by atoms with E-state index in [1.165, 1.54) is 0 Å². The number of hydrogen-bond acceptors (Lipinski definition) is 3. The van der Waals surface area contributed by atoms with E-state index in [9.17, 15) is 4.79 Å². The first-order chi connectivity index (χ1) is 8.24. The van der Waals surface area contributed by atoms with Crippen molar-refractivity contribution in [1.29, 1.82) is 0 Å². The van der Waals surface area contributed by atoms with Gasteiger partial charge in [-0.2, -0.15) is 0 Å². The van der Waals surface area contributed by atoms with Gasteiger partial charge < -0.3 is 15.8 Å². The minimum atomic E-state index is 0.107. The van der Waals surface area contributed by atoms with Gasteiger partial charge in [0.05, 0.1) is 0 Å². The van der Waals surface area contributed by atoms with E-state index in [0.717, 1.165) is 38.9 Å². The van der Waals surface area contributed by atoms with Gasteiger partial charge in [-0.25, -0.2) is 0 Å². The summed E-state index contributed by atoms with van der Waals surface area (Å²) < 4.78 is 5.41. The van der Waals surface area contributed by atoms with Gasteiger partial charge in [0, 0.05) is 26.2 Å². The van der Waals surface area contributed by atoms with Crippen molar-refractivity contribution in [2.75, 3.05) is 26.3 Å². The van der Waals surface area contributed by atoms with Crippen LogP contribution < -0.4 is 11.1 Å². The van der Waals surface area contributed by atoms with E-state index < -0.39 is 0 Å². The fourth-order valence-electron chi connectivity index (χ4n) is 1.48. The highest BCUT2D eigenvalue weighted by Crippen LogP contribution is 2.05. The number of nitrogens with two attached hydrogens (primary N) is 1. The normalized spacial score (nSPS) is 12.4. The lowest BCUT2D eigenvalue weighted by molar-refractivity contribution is -0.122. The maximum absolute atomic E-state index is 11.5.